The summed E-state index contributed by atoms with van der Waals surface area (Å²) in [6.45, 7) is 6.35. The number of hydrogen-bond acceptors (Lipinski definition) is 7. The highest BCUT2D eigenvalue weighted by molar-refractivity contribution is 6.00. The van der Waals surface area contributed by atoms with Gasteiger partial charge in [0.05, 0.1) is 24.7 Å². The lowest BCUT2D eigenvalue weighted by Gasteiger charge is -2.17. The third-order valence-electron chi connectivity index (χ3n) is 5.22. The number of carbonyl (C=O) groups excluding carboxylic acids is 4. The second-order valence-electron chi connectivity index (χ2n) is 8.56. The number of nitrogens with one attached hydrogen (secondary N) is 1. The monoisotopic (exact) mass is 482 g/mol. The molecule has 0 spiro atoms. The minimum absolute atomic E-state index is 0.0159. The Morgan fingerprint density at radius 1 is 1.03 bits per heavy atom. The summed E-state index contributed by atoms with van der Waals surface area (Å²) < 4.78 is 15.7. The standard InChI is InChI=1S/C26H30N2O7/c1-4-33-22-11-9-21(10-12-22)28-14-19(13-24(28)30)26(32)35-16-23(29)27-20-7-5-18(6-8-20)25(31)34-15-17(2)3/h5-12,17,19H,4,13-16H2,1-3H3,(H,27,29)/t19-/m0/s1. The van der Waals surface area contributed by atoms with Gasteiger partial charge in [0.1, 0.15) is 5.75 Å². The molecule has 1 fully saturated rings. The molecule has 2 aromatic rings. The van der Waals surface area contributed by atoms with Gasteiger partial charge in [0, 0.05) is 24.3 Å². The Morgan fingerprint density at radius 3 is 2.34 bits per heavy atom. The number of amides is 2. The zero-order chi connectivity index (χ0) is 25.4. The molecule has 1 aliphatic heterocycles. The molecule has 2 aromatic carbocycles. The highest BCUT2D eigenvalue weighted by atomic mass is 16.5. The summed E-state index contributed by atoms with van der Waals surface area (Å²) in [4.78, 5) is 50.5. The average molecular weight is 483 g/mol. The van der Waals surface area contributed by atoms with E-state index in [1.165, 1.54) is 4.90 Å². The first kappa shape index (κ1) is 25.7. The normalized spacial score (nSPS) is 15.1. The molecule has 0 aromatic heterocycles. The maximum atomic E-state index is 12.4. The zero-order valence-electron chi connectivity index (χ0n) is 20.1. The highest BCUT2D eigenvalue weighted by Crippen LogP contribution is 2.27. The van der Waals surface area contributed by atoms with E-state index >= 15 is 0 Å². The Balaban J connectivity index is 1.45. The highest BCUT2D eigenvalue weighted by Gasteiger charge is 2.36. The number of anilines is 2. The minimum atomic E-state index is -0.655. The van der Waals surface area contributed by atoms with Gasteiger partial charge in [0.25, 0.3) is 5.91 Å². The summed E-state index contributed by atoms with van der Waals surface area (Å²) in [5.74, 6) is -1.48. The van der Waals surface area contributed by atoms with Crippen molar-refractivity contribution in [2.75, 3.05) is 36.6 Å². The van der Waals surface area contributed by atoms with Crippen LogP contribution in [0.2, 0.25) is 0 Å². The molecule has 1 heterocycles. The van der Waals surface area contributed by atoms with Crippen LogP contribution in [0.4, 0.5) is 11.4 Å². The maximum Gasteiger partial charge on any atom is 0.338 e. The number of nitrogens with zero attached hydrogens (tertiary/aromatic N) is 1. The first-order valence-electron chi connectivity index (χ1n) is 11.5. The summed E-state index contributed by atoms with van der Waals surface area (Å²) in [5, 5.41) is 2.61. The van der Waals surface area contributed by atoms with Crippen molar-refractivity contribution in [3.8, 4) is 5.75 Å². The molecule has 0 unspecified atom stereocenters. The van der Waals surface area contributed by atoms with Crippen molar-refractivity contribution in [3.63, 3.8) is 0 Å². The second-order valence-corrected chi connectivity index (χ2v) is 8.56. The molecular weight excluding hydrogens is 452 g/mol. The Kier molecular flexibility index (Phi) is 8.83. The van der Waals surface area contributed by atoms with Crippen molar-refractivity contribution in [2.45, 2.75) is 27.2 Å². The second kappa shape index (κ2) is 12.0. The summed E-state index contributed by atoms with van der Waals surface area (Å²) in [5.41, 5.74) is 1.49. The van der Waals surface area contributed by atoms with Crippen molar-refractivity contribution < 1.29 is 33.4 Å². The SMILES string of the molecule is CCOc1ccc(N2C[C@@H](C(=O)OCC(=O)Nc3ccc(C(=O)OCC(C)C)cc3)CC2=O)cc1. The third-order valence-corrected chi connectivity index (χ3v) is 5.22. The molecular formula is C26H30N2O7. The van der Waals surface area contributed by atoms with Gasteiger partial charge in [0.2, 0.25) is 5.91 Å². The van der Waals surface area contributed by atoms with Crippen molar-refractivity contribution in [2.24, 2.45) is 11.8 Å². The van der Waals surface area contributed by atoms with Crippen molar-refractivity contribution >= 4 is 35.1 Å². The predicted molar refractivity (Wildman–Crippen MR) is 129 cm³/mol. The van der Waals surface area contributed by atoms with Gasteiger partial charge < -0.3 is 24.4 Å². The molecule has 0 radical (unpaired) electrons. The lowest BCUT2D eigenvalue weighted by atomic mass is 10.1. The molecule has 0 bridgehead atoms. The number of benzene rings is 2. The molecule has 1 saturated heterocycles. The molecule has 1 aliphatic rings. The number of carbonyl (C=O) groups is 4. The van der Waals surface area contributed by atoms with E-state index < -0.39 is 30.4 Å². The van der Waals surface area contributed by atoms with Gasteiger partial charge in [0.15, 0.2) is 6.61 Å². The van der Waals surface area contributed by atoms with Crippen LogP contribution in [0.3, 0.4) is 0 Å². The molecule has 35 heavy (non-hydrogen) atoms. The first-order chi connectivity index (χ1) is 16.8. The largest absolute Gasteiger partial charge is 0.494 e. The van der Waals surface area contributed by atoms with Gasteiger partial charge >= 0.3 is 11.9 Å². The van der Waals surface area contributed by atoms with E-state index in [-0.39, 0.29) is 24.8 Å². The van der Waals surface area contributed by atoms with Crippen LogP contribution < -0.4 is 15.0 Å². The number of esters is 2. The minimum Gasteiger partial charge on any atom is -0.494 e. The fourth-order valence-corrected chi connectivity index (χ4v) is 3.47. The van der Waals surface area contributed by atoms with Crippen LogP contribution in [0.25, 0.3) is 0 Å². The molecule has 3 rings (SSSR count). The Labute approximate surface area is 204 Å². The van der Waals surface area contributed by atoms with Crippen LogP contribution in [0.15, 0.2) is 48.5 Å². The topological polar surface area (TPSA) is 111 Å². The van der Waals surface area contributed by atoms with Gasteiger partial charge in [-0.1, -0.05) is 13.8 Å². The van der Waals surface area contributed by atoms with E-state index in [0.29, 0.717) is 35.9 Å². The summed E-state index contributed by atoms with van der Waals surface area (Å²) in [6.07, 6.45) is 0.0159. The Hall–Kier alpha value is -3.88. The summed E-state index contributed by atoms with van der Waals surface area (Å²) in [7, 11) is 0. The van der Waals surface area contributed by atoms with Crippen LogP contribution in [0.5, 0.6) is 5.75 Å². The third kappa shape index (κ3) is 7.30. The molecule has 9 heteroatoms. The van der Waals surface area contributed by atoms with Gasteiger partial charge in [-0.05, 0) is 61.4 Å². The lowest BCUT2D eigenvalue weighted by Crippen LogP contribution is -2.28. The van der Waals surface area contributed by atoms with Crippen molar-refractivity contribution in [1.29, 1.82) is 0 Å². The molecule has 2 amide bonds. The Bertz CT molecular complexity index is 1050. The molecule has 0 aliphatic carbocycles. The predicted octanol–water partition coefficient (Wildman–Crippen LogP) is 3.43. The molecule has 0 saturated carbocycles. The molecule has 1 atom stereocenters. The fourth-order valence-electron chi connectivity index (χ4n) is 3.47. The number of rotatable bonds is 10. The van der Waals surface area contributed by atoms with Crippen LogP contribution in [0, 0.1) is 11.8 Å². The van der Waals surface area contributed by atoms with Gasteiger partial charge in [-0.2, -0.15) is 0 Å². The smallest absolute Gasteiger partial charge is 0.338 e. The Morgan fingerprint density at radius 2 is 1.71 bits per heavy atom. The quantitative estimate of drug-likeness (QED) is 0.517. The number of hydrogen-bond donors (Lipinski definition) is 1. The van der Waals surface area contributed by atoms with E-state index in [9.17, 15) is 19.2 Å². The average Bonchev–Trinajstić information content (AvgIpc) is 3.24. The van der Waals surface area contributed by atoms with E-state index in [4.69, 9.17) is 14.2 Å². The first-order valence-corrected chi connectivity index (χ1v) is 11.5. The summed E-state index contributed by atoms with van der Waals surface area (Å²) in [6, 6.07) is 13.3. The molecule has 186 valence electrons. The van der Waals surface area contributed by atoms with Gasteiger partial charge in [-0.3, -0.25) is 14.4 Å². The van der Waals surface area contributed by atoms with Crippen LogP contribution in [-0.4, -0.2) is 50.1 Å². The van der Waals surface area contributed by atoms with Crippen LogP contribution in [0.1, 0.15) is 37.6 Å². The van der Waals surface area contributed by atoms with Crippen molar-refractivity contribution in [1.82, 2.24) is 0 Å². The van der Waals surface area contributed by atoms with Gasteiger partial charge in [-0.25, -0.2) is 4.79 Å². The van der Waals surface area contributed by atoms with E-state index in [0.717, 1.165) is 0 Å². The number of ether oxygens (including phenoxy) is 3. The fraction of sp³-hybridized carbons (Fsp3) is 0.385. The summed E-state index contributed by atoms with van der Waals surface area (Å²) >= 11 is 0. The zero-order valence-corrected chi connectivity index (χ0v) is 20.1. The lowest BCUT2D eigenvalue weighted by molar-refractivity contribution is -0.151. The van der Waals surface area contributed by atoms with Crippen LogP contribution >= 0.6 is 0 Å². The van der Waals surface area contributed by atoms with Gasteiger partial charge in [-0.15, -0.1) is 0 Å². The van der Waals surface area contributed by atoms with E-state index in [1.807, 2.05) is 20.8 Å². The van der Waals surface area contributed by atoms with E-state index in [1.54, 1.807) is 48.5 Å². The van der Waals surface area contributed by atoms with Crippen molar-refractivity contribution in [3.05, 3.63) is 54.1 Å². The molecule has 1 N–H and O–H groups in total. The van der Waals surface area contributed by atoms with Crippen LogP contribution in [-0.2, 0) is 23.9 Å². The maximum absolute atomic E-state index is 12.4. The van der Waals surface area contributed by atoms with E-state index in [2.05, 4.69) is 5.32 Å². The molecule has 9 nitrogen and oxygen atoms in total.